The summed E-state index contributed by atoms with van der Waals surface area (Å²) in [7, 11) is 0. The molecule has 0 amide bonds. The molecule has 0 N–H and O–H groups in total. The van der Waals surface area contributed by atoms with E-state index in [0.717, 1.165) is 0 Å². The van der Waals surface area contributed by atoms with Crippen LogP contribution >= 0.6 is 0 Å². The Bertz CT molecular complexity index is 572. The van der Waals surface area contributed by atoms with E-state index in [9.17, 15) is 0 Å². The van der Waals surface area contributed by atoms with Crippen LogP contribution in [0.2, 0.25) is 0 Å². The maximum Gasteiger partial charge on any atom is 0.101 e. The largest absolute Gasteiger partial charge is 0.356 e. The van der Waals surface area contributed by atoms with Crippen LogP contribution in [0.15, 0.2) is 12.4 Å². The summed E-state index contributed by atoms with van der Waals surface area (Å²) in [4.78, 5) is 5.45. The van der Waals surface area contributed by atoms with Gasteiger partial charge in [-0.15, -0.1) is 0 Å². The molecule has 262 valence electrons. The Morgan fingerprint density at radius 3 is 0.795 bits per heavy atom. The average Bonchev–Trinajstić information content (AvgIpc) is 3.42. The molecule has 1 unspecified atom stereocenters. The Kier molecular flexibility index (Phi) is 31.7. The lowest BCUT2D eigenvalue weighted by molar-refractivity contribution is 0.135. The summed E-state index contributed by atoms with van der Waals surface area (Å²) in [6, 6.07) is 0. The van der Waals surface area contributed by atoms with Crippen LogP contribution in [-0.2, 0) is 0 Å². The number of hydrogen-bond donors (Lipinski definition) is 0. The summed E-state index contributed by atoms with van der Waals surface area (Å²) in [5, 5.41) is 0. The molecule has 0 saturated carbocycles. The molecule has 0 radical (unpaired) electrons. The van der Waals surface area contributed by atoms with Gasteiger partial charge >= 0.3 is 0 Å². The topological polar surface area (TPSA) is 6.48 Å². The molecule has 0 fully saturated rings. The minimum Gasteiger partial charge on any atom is -0.356 e. The Balaban J connectivity index is 2.20. The van der Waals surface area contributed by atoms with Crippen molar-refractivity contribution in [2.24, 2.45) is 0 Å². The van der Waals surface area contributed by atoms with Gasteiger partial charge in [0.2, 0.25) is 0 Å². The van der Waals surface area contributed by atoms with E-state index in [1.165, 1.54) is 231 Å². The lowest BCUT2D eigenvalue weighted by Gasteiger charge is -2.33. The molecule has 1 atom stereocenters. The van der Waals surface area contributed by atoms with Crippen LogP contribution < -0.4 is 0 Å². The molecular weight excluding hydrogens is 532 g/mol. The van der Waals surface area contributed by atoms with E-state index in [-0.39, 0.29) is 0 Å². The molecule has 2 heteroatoms. The van der Waals surface area contributed by atoms with Gasteiger partial charge in [-0.2, -0.15) is 0 Å². The lowest BCUT2D eigenvalue weighted by atomic mass is 10.0. The summed E-state index contributed by atoms with van der Waals surface area (Å²) < 4.78 is 0. The van der Waals surface area contributed by atoms with Crippen LogP contribution in [0.4, 0.5) is 0 Å². The van der Waals surface area contributed by atoms with Crippen molar-refractivity contribution in [3.8, 4) is 0 Å². The van der Waals surface area contributed by atoms with Crippen molar-refractivity contribution in [1.82, 2.24) is 9.80 Å². The number of rotatable bonds is 36. The highest BCUT2D eigenvalue weighted by Crippen LogP contribution is 2.24. The molecule has 1 rings (SSSR count). The van der Waals surface area contributed by atoms with Crippen LogP contribution in [0, 0.1) is 0 Å². The van der Waals surface area contributed by atoms with Gasteiger partial charge in [-0.05, 0) is 25.7 Å². The van der Waals surface area contributed by atoms with Crippen LogP contribution in [0.25, 0.3) is 0 Å². The minimum atomic E-state index is 0.639. The Morgan fingerprint density at radius 2 is 0.523 bits per heavy atom. The van der Waals surface area contributed by atoms with Gasteiger partial charge in [-0.25, -0.2) is 0 Å². The van der Waals surface area contributed by atoms with E-state index in [1.54, 1.807) is 0 Å². The van der Waals surface area contributed by atoms with Crippen LogP contribution in [-0.4, -0.2) is 29.1 Å². The van der Waals surface area contributed by atoms with Crippen molar-refractivity contribution < 1.29 is 0 Å². The van der Waals surface area contributed by atoms with Crippen LogP contribution in [0.3, 0.4) is 0 Å². The molecule has 0 saturated heterocycles. The molecule has 0 bridgehead atoms. The number of nitrogens with zero attached hydrogens (tertiary/aromatic N) is 2. The predicted molar refractivity (Wildman–Crippen MR) is 200 cm³/mol. The Hall–Kier alpha value is -0.660. The highest BCUT2D eigenvalue weighted by Gasteiger charge is 2.24. The monoisotopic (exact) mass is 617 g/mol. The van der Waals surface area contributed by atoms with Crippen molar-refractivity contribution in [2.75, 3.05) is 13.1 Å². The molecule has 2 nitrogen and oxygen atoms in total. The van der Waals surface area contributed by atoms with Gasteiger partial charge < -0.3 is 9.80 Å². The third kappa shape index (κ3) is 25.5. The number of hydrogen-bond acceptors (Lipinski definition) is 2. The third-order valence-corrected chi connectivity index (χ3v) is 10.3. The van der Waals surface area contributed by atoms with Gasteiger partial charge in [0.1, 0.15) is 6.17 Å². The van der Waals surface area contributed by atoms with E-state index in [1.807, 2.05) is 0 Å². The standard InChI is InChI=1S/C42H84N2/c1-4-7-10-13-16-19-21-22-23-24-27-30-33-36-39-44-41-40-43(38-35-32-29-26-20-17-14-11-8-5-2)42(44)37-34-31-28-25-18-15-12-9-6-3/h40-42H,4-39H2,1-3H3. The zero-order chi connectivity index (χ0) is 31.6. The first-order valence-corrected chi connectivity index (χ1v) is 21.0. The molecule has 0 aromatic carbocycles. The van der Waals surface area contributed by atoms with E-state index in [0.29, 0.717) is 6.17 Å². The first-order valence-electron chi connectivity index (χ1n) is 21.0. The average molecular weight is 617 g/mol. The fourth-order valence-corrected chi connectivity index (χ4v) is 7.25. The van der Waals surface area contributed by atoms with Gasteiger partial charge in [0, 0.05) is 25.5 Å². The fraction of sp³-hybridized carbons (Fsp3) is 0.952. The molecule has 0 aromatic rings. The normalized spacial score (nSPS) is 14.8. The van der Waals surface area contributed by atoms with Crippen molar-refractivity contribution >= 4 is 0 Å². The van der Waals surface area contributed by atoms with E-state index < -0.39 is 0 Å². The molecule has 1 aliphatic rings. The molecule has 44 heavy (non-hydrogen) atoms. The summed E-state index contributed by atoms with van der Waals surface area (Å²) in [6.07, 6.45) is 54.4. The van der Waals surface area contributed by atoms with Crippen molar-refractivity contribution in [2.45, 2.75) is 245 Å². The highest BCUT2D eigenvalue weighted by molar-refractivity contribution is 4.97. The third-order valence-electron chi connectivity index (χ3n) is 10.3. The zero-order valence-electron chi connectivity index (χ0n) is 31.1. The van der Waals surface area contributed by atoms with E-state index in [4.69, 9.17) is 0 Å². The van der Waals surface area contributed by atoms with Gasteiger partial charge in [0.05, 0.1) is 0 Å². The fourth-order valence-electron chi connectivity index (χ4n) is 7.25. The molecule has 1 aliphatic heterocycles. The second-order valence-corrected chi connectivity index (χ2v) is 14.6. The molecular formula is C42H84N2. The summed E-state index contributed by atoms with van der Waals surface area (Å²) in [5.74, 6) is 0. The van der Waals surface area contributed by atoms with Gasteiger partial charge in [0.25, 0.3) is 0 Å². The summed E-state index contributed by atoms with van der Waals surface area (Å²) in [6.45, 7) is 9.49. The second-order valence-electron chi connectivity index (χ2n) is 14.6. The predicted octanol–water partition coefficient (Wildman–Crippen LogP) is 14.7. The summed E-state index contributed by atoms with van der Waals surface area (Å²) >= 11 is 0. The maximum atomic E-state index is 2.72. The molecule has 0 aromatic heterocycles. The SMILES string of the molecule is CCCCCCCCCCCCCCCCN1C=CN(CCCCCCCCCCCC)C1CCCCCCCCCCC. The van der Waals surface area contributed by atoms with E-state index >= 15 is 0 Å². The Labute approximate surface area is 280 Å². The molecule has 1 heterocycles. The number of unbranched alkanes of at least 4 members (excludes halogenated alkanes) is 30. The van der Waals surface area contributed by atoms with Crippen molar-refractivity contribution in [3.05, 3.63) is 12.4 Å². The van der Waals surface area contributed by atoms with Gasteiger partial charge in [-0.3, -0.25) is 0 Å². The highest BCUT2D eigenvalue weighted by atomic mass is 15.4. The zero-order valence-corrected chi connectivity index (χ0v) is 31.1. The smallest absolute Gasteiger partial charge is 0.101 e. The lowest BCUT2D eigenvalue weighted by Crippen LogP contribution is -2.39. The second kappa shape index (κ2) is 33.7. The van der Waals surface area contributed by atoms with E-state index in [2.05, 4.69) is 43.0 Å². The first-order chi connectivity index (χ1) is 21.8. The maximum absolute atomic E-state index is 2.72. The van der Waals surface area contributed by atoms with Gasteiger partial charge in [-0.1, -0.05) is 213 Å². The van der Waals surface area contributed by atoms with Gasteiger partial charge in [0.15, 0.2) is 0 Å². The van der Waals surface area contributed by atoms with Crippen molar-refractivity contribution in [3.63, 3.8) is 0 Å². The molecule has 0 aliphatic carbocycles. The van der Waals surface area contributed by atoms with Crippen molar-refractivity contribution in [1.29, 1.82) is 0 Å². The van der Waals surface area contributed by atoms with Crippen LogP contribution in [0.1, 0.15) is 239 Å². The minimum absolute atomic E-state index is 0.639. The Morgan fingerprint density at radius 1 is 0.295 bits per heavy atom. The first kappa shape index (κ1) is 41.4. The van der Waals surface area contributed by atoms with Crippen LogP contribution in [0.5, 0.6) is 0 Å². The molecule has 0 spiro atoms. The quantitative estimate of drug-likeness (QED) is 0.0646. The summed E-state index contributed by atoms with van der Waals surface area (Å²) in [5.41, 5.74) is 0.